The maximum absolute atomic E-state index is 8.43. The fourth-order valence-electron chi connectivity index (χ4n) is 0.717. The van der Waals surface area contributed by atoms with Crippen LogP contribution < -0.4 is 0 Å². The van der Waals surface area contributed by atoms with E-state index in [0.29, 0.717) is 0 Å². The van der Waals surface area contributed by atoms with Crippen molar-refractivity contribution in [1.82, 2.24) is 0 Å². The zero-order valence-corrected chi connectivity index (χ0v) is 7.65. The molecule has 0 unspecified atom stereocenters. The summed E-state index contributed by atoms with van der Waals surface area (Å²) in [5, 5.41) is 20.8. The zero-order chi connectivity index (χ0) is 8.81. The van der Waals surface area contributed by atoms with Crippen LogP contribution in [0.5, 0.6) is 0 Å². The highest BCUT2D eigenvalue weighted by molar-refractivity contribution is 8.06. The fourth-order valence-corrected chi connectivity index (χ4v) is 1.79. The molecule has 1 aromatic rings. The molecule has 0 aromatic heterocycles. The first kappa shape index (κ1) is 8.99. The van der Waals surface area contributed by atoms with Crippen LogP contribution in [-0.2, 0) is 0 Å². The summed E-state index contributed by atoms with van der Waals surface area (Å²) in [6, 6.07) is 7.35. The molecule has 58 valence electrons. The van der Waals surface area contributed by atoms with Crippen LogP contribution in [0.2, 0.25) is 0 Å². The molecule has 0 aliphatic rings. The first-order valence-electron chi connectivity index (χ1n) is 3.09. The molecule has 2 nitrogen and oxygen atoms in total. The van der Waals surface area contributed by atoms with E-state index in [1.165, 1.54) is 0 Å². The van der Waals surface area contributed by atoms with E-state index in [9.17, 15) is 0 Å². The molecular formula is C8H4N2S2. The van der Waals surface area contributed by atoms with Gasteiger partial charge in [0.15, 0.2) is 0 Å². The van der Waals surface area contributed by atoms with Crippen LogP contribution in [0.3, 0.4) is 0 Å². The predicted molar refractivity (Wildman–Crippen MR) is 49.4 cm³/mol. The Morgan fingerprint density at radius 2 is 1.33 bits per heavy atom. The molecule has 0 radical (unpaired) electrons. The van der Waals surface area contributed by atoms with Gasteiger partial charge in [0.25, 0.3) is 0 Å². The monoisotopic (exact) mass is 192 g/mol. The van der Waals surface area contributed by atoms with Crippen LogP contribution in [0.25, 0.3) is 0 Å². The molecule has 0 aliphatic carbocycles. The van der Waals surface area contributed by atoms with Gasteiger partial charge in [-0.2, -0.15) is 10.5 Å². The van der Waals surface area contributed by atoms with Crippen LogP contribution in [0.4, 0.5) is 0 Å². The molecule has 0 saturated heterocycles. The maximum atomic E-state index is 8.43. The van der Waals surface area contributed by atoms with E-state index in [1.54, 1.807) is 0 Å². The van der Waals surface area contributed by atoms with Crippen molar-refractivity contribution in [2.24, 2.45) is 0 Å². The first-order chi connectivity index (χ1) is 5.88. The van der Waals surface area contributed by atoms with Gasteiger partial charge >= 0.3 is 0 Å². The maximum Gasteiger partial charge on any atom is 0.138 e. The summed E-state index contributed by atoms with van der Waals surface area (Å²) in [6.45, 7) is 0. The lowest BCUT2D eigenvalue weighted by Gasteiger charge is -1.97. The van der Waals surface area contributed by atoms with Crippen LogP contribution >= 0.6 is 23.5 Å². The highest BCUT2D eigenvalue weighted by Gasteiger charge is 2.00. The van der Waals surface area contributed by atoms with Crippen molar-refractivity contribution in [3.05, 3.63) is 24.3 Å². The molecule has 0 aliphatic heterocycles. The van der Waals surface area contributed by atoms with Gasteiger partial charge in [-0.1, -0.05) is 12.1 Å². The van der Waals surface area contributed by atoms with Crippen molar-refractivity contribution >= 4 is 23.5 Å². The number of hydrogen-bond acceptors (Lipinski definition) is 4. The average Bonchev–Trinajstić information content (AvgIpc) is 2.09. The molecule has 0 fully saturated rings. The Balaban J connectivity index is 2.95. The minimum atomic E-state index is 0.839. The van der Waals surface area contributed by atoms with Gasteiger partial charge in [-0.05, 0) is 35.7 Å². The topological polar surface area (TPSA) is 47.6 Å². The molecule has 0 amide bonds. The van der Waals surface area contributed by atoms with Crippen molar-refractivity contribution < 1.29 is 0 Å². The Morgan fingerprint density at radius 3 is 1.67 bits per heavy atom. The lowest BCUT2D eigenvalue weighted by atomic mass is 10.4. The number of nitriles is 2. The summed E-state index contributed by atoms with van der Waals surface area (Å²) in [6.07, 6.45) is 0. The summed E-state index contributed by atoms with van der Waals surface area (Å²) < 4.78 is 0. The SMILES string of the molecule is N#CSc1ccccc1SC#N. The lowest BCUT2D eigenvalue weighted by molar-refractivity contribution is 1.26. The third kappa shape index (κ3) is 2.20. The summed E-state index contributed by atoms with van der Waals surface area (Å²) in [7, 11) is 0. The average molecular weight is 192 g/mol. The molecule has 0 heterocycles. The first-order valence-corrected chi connectivity index (χ1v) is 4.72. The highest BCUT2D eigenvalue weighted by Crippen LogP contribution is 2.29. The zero-order valence-electron chi connectivity index (χ0n) is 6.02. The molecule has 0 atom stereocenters. The van der Waals surface area contributed by atoms with Crippen LogP contribution in [-0.4, -0.2) is 0 Å². The number of benzene rings is 1. The van der Waals surface area contributed by atoms with Gasteiger partial charge in [0.2, 0.25) is 0 Å². The number of thioether (sulfide) groups is 2. The van der Waals surface area contributed by atoms with E-state index in [-0.39, 0.29) is 0 Å². The van der Waals surface area contributed by atoms with E-state index < -0.39 is 0 Å². The van der Waals surface area contributed by atoms with E-state index in [4.69, 9.17) is 10.5 Å². The number of thiocyanates is 2. The van der Waals surface area contributed by atoms with Crippen molar-refractivity contribution in [3.63, 3.8) is 0 Å². The third-order valence-corrected chi connectivity index (χ3v) is 2.62. The van der Waals surface area contributed by atoms with Crippen molar-refractivity contribution in [1.29, 1.82) is 10.5 Å². The Hall–Kier alpha value is -1.10. The van der Waals surface area contributed by atoms with E-state index in [1.807, 2.05) is 35.1 Å². The summed E-state index contributed by atoms with van der Waals surface area (Å²) >= 11 is 2.15. The Labute approximate surface area is 79.2 Å². The van der Waals surface area contributed by atoms with Crippen molar-refractivity contribution in [3.8, 4) is 10.8 Å². The van der Waals surface area contributed by atoms with Crippen LogP contribution in [0.15, 0.2) is 34.1 Å². The van der Waals surface area contributed by atoms with Gasteiger partial charge in [0.05, 0.1) is 0 Å². The molecule has 0 N–H and O–H groups in total. The molecule has 1 rings (SSSR count). The minimum absolute atomic E-state index is 0.839. The smallest absolute Gasteiger partial charge is 0.138 e. The Kier molecular flexibility index (Phi) is 3.53. The third-order valence-electron chi connectivity index (χ3n) is 1.16. The fraction of sp³-hybridized carbons (Fsp3) is 0. The Morgan fingerprint density at radius 1 is 0.917 bits per heavy atom. The lowest BCUT2D eigenvalue weighted by Crippen LogP contribution is -1.73. The van der Waals surface area contributed by atoms with Gasteiger partial charge in [0, 0.05) is 9.79 Å². The number of hydrogen-bond donors (Lipinski definition) is 0. The minimum Gasteiger partial charge on any atom is -0.185 e. The van der Waals surface area contributed by atoms with Crippen LogP contribution in [0, 0.1) is 21.3 Å². The van der Waals surface area contributed by atoms with Gasteiger partial charge in [-0.15, -0.1) is 0 Å². The number of rotatable bonds is 2. The predicted octanol–water partition coefficient (Wildman–Crippen LogP) is 2.83. The highest BCUT2D eigenvalue weighted by atomic mass is 32.2. The van der Waals surface area contributed by atoms with Gasteiger partial charge < -0.3 is 0 Å². The second kappa shape index (κ2) is 4.71. The van der Waals surface area contributed by atoms with Gasteiger partial charge in [-0.3, -0.25) is 0 Å². The van der Waals surface area contributed by atoms with Gasteiger partial charge in [0.1, 0.15) is 10.8 Å². The normalized spacial score (nSPS) is 8.50. The van der Waals surface area contributed by atoms with Gasteiger partial charge in [-0.25, -0.2) is 0 Å². The van der Waals surface area contributed by atoms with Crippen molar-refractivity contribution in [2.75, 3.05) is 0 Å². The molecule has 0 saturated carbocycles. The molecule has 12 heavy (non-hydrogen) atoms. The van der Waals surface area contributed by atoms with Crippen LogP contribution in [0.1, 0.15) is 0 Å². The number of nitrogens with zero attached hydrogens (tertiary/aromatic N) is 2. The summed E-state index contributed by atoms with van der Waals surface area (Å²) in [4.78, 5) is 1.68. The standard InChI is InChI=1S/C8H4N2S2/c9-5-11-7-3-1-2-4-8(7)12-6-10/h1-4H. The summed E-state index contributed by atoms with van der Waals surface area (Å²) in [5.41, 5.74) is 0. The van der Waals surface area contributed by atoms with E-state index in [2.05, 4.69) is 0 Å². The second-order valence-corrected chi connectivity index (χ2v) is 3.49. The van der Waals surface area contributed by atoms with E-state index in [0.717, 1.165) is 33.3 Å². The quantitative estimate of drug-likeness (QED) is 0.534. The molecule has 1 aromatic carbocycles. The van der Waals surface area contributed by atoms with Crippen molar-refractivity contribution in [2.45, 2.75) is 9.79 Å². The molecule has 0 spiro atoms. The van der Waals surface area contributed by atoms with E-state index >= 15 is 0 Å². The summed E-state index contributed by atoms with van der Waals surface area (Å²) in [5.74, 6) is 0. The molecule has 4 heteroatoms. The molecule has 0 bridgehead atoms. The largest absolute Gasteiger partial charge is 0.185 e. The second-order valence-electron chi connectivity index (χ2n) is 1.83. The Bertz CT molecular complexity index is 314. The molecular weight excluding hydrogens is 188 g/mol.